The third-order valence-corrected chi connectivity index (χ3v) is 6.12. The molecule has 31 heavy (non-hydrogen) atoms. The van der Waals surface area contributed by atoms with Gasteiger partial charge in [0.1, 0.15) is 17.0 Å². The van der Waals surface area contributed by atoms with Gasteiger partial charge in [-0.2, -0.15) is 4.98 Å². The molecular weight excluding hydrogens is 484 g/mol. The van der Waals surface area contributed by atoms with Gasteiger partial charge < -0.3 is 10.6 Å². The van der Waals surface area contributed by atoms with Gasteiger partial charge in [0.2, 0.25) is 16.0 Å². The van der Waals surface area contributed by atoms with Crippen LogP contribution in [0.5, 0.6) is 0 Å². The number of anilines is 5. The molecule has 0 aliphatic carbocycles. The number of nitrogens with one attached hydrogen (secondary N) is 2. The van der Waals surface area contributed by atoms with Crippen molar-refractivity contribution in [1.29, 1.82) is 0 Å². The first-order valence-electron chi connectivity index (χ1n) is 8.97. The molecule has 10 nitrogen and oxygen atoms in total. The number of nitrogens with zero attached hydrogens (tertiary/aromatic N) is 6. The summed E-state index contributed by atoms with van der Waals surface area (Å²) >= 11 is 3.44. The largest absolute Gasteiger partial charge is 0.337 e. The molecule has 12 heteroatoms. The van der Waals surface area contributed by atoms with Crippen LogP contribution in [-0.4, -0.2) is 46.6 Å². The average molecular weight is 501 g/mol. The van der Waals surface area contributed by atoms with E-state index in [1.54, 1.807) is 49.1 Å². The Morgan fingerprint density at radius 3 is 2.45 bits per heavy atom. The molecule has 0 atom stereocenters. The molecule has 4 rings (SSSR count). The lowest BCUT2D eigenvalue weighted by Crippen LogP contribution is -2.26. The van der Waals surface area contributed by atoms with Crippen molar-refractivity contribution >= 4 is 65.8 Å². The van der Waals surface area contributed by atoms with E-state index in [2.05, 4.69) is 51.5 Å². The summed E-state index contributed by atoms with van der Waals surface area (Å²) in [5.41, 5.74) is 2.65. The summed E-state index contributed by atoms with van der Waals surface area (Å²) in [7, 11) is -2.09. The topological polar surface area (TPSA) is 126 Å². The third-order valence-electron chi connectivity index (χ3n) is 4.36. The Morgan fingerprint density at radius 1 is 0.968 bits per heavy atom. The molecule has 0 saturated carbocycles. The summed E-state index contributed by atoms with van der Waals surface area (Å²) in [6.45, 7) is 0. The van der Waals surface area contributed by atoms with E-state index in [1.807, 2.05) is 0 Å². The average Bonchev–Trinajstić information content (AvgIpc) is 2.75. The second-order valence-corrected chi connectivity index (χ2v) is 9.36. The molecule has 0 unspecified atom stereocenters. The molecule has 0 saturated heterocycles. The van der Waals surface area contributed by atoms with Crippen LogP contribution in [0.25, 0.3) is 11.0 Å². The predicted molar refractivity (Wildman–Crippen MR) is 123 cm³/mol. The molecule has 0 aliphatic heterocycles. The van der Waals surface area contributed by atoms with E-state index < -0.39 is 10.0 Å². The number of hydrogen-bond donors (Lipinski definition) is 2. The number of rotatable bonds is 6. The number of halogens is 1. The summed E-state index contributed by atoms with van der Waals surface area (Å²) in [6, 6.07) is 7.08. The molecule has 0 bridgehead atoms. The van der Waals surface area contributed by atoms with Crippen LogP contribution in [0, 0.1) is 0 Å². The van der Waals surface area contributed by atoms with Gasteiger partial charge in [0.05, 0.1) is 21.9 Å². The van der Waals surface area contributed by atoms with Crippen molar-refractivity contribution in [3.8, 4) is 0 Å². The van der Waals surface area contributed by atoms with E-state index in [0.717, 1.165) is 16.2 Å². The van der Waals surface area contributed by atoms with Crippen molar-refractivity contribution in [3.63, 3.8) is 0 Å². The van der Waals surface area contributed by atoms with Crippen LogP contribution >= 0.6 is 15.9 Å². The zero-order chi connectivity index (χ0) is 22.0. The van der Waals surface area contributed by atoms with Gasteiger partial charge in [-0.15, -0.1) is 0 Å². The Balaban J connectivity index is 1.77. The van der Waals surface area contributed by atoms with Crippen LogP contribution < -0.4 is 14.9 Å². The van der Waals surface area contributed by atoms with Crippen molar-refractivity contribution in [3.05, 3.63) is 59.7 Å². The van der Waals surface area contributed by atoms with Crippen LogP contribution in [-0.2, 0) is 10.0 Å². The minimum absolute atomic E-state index is 0.357. The quantitative estimate of drug-likeness (QED) is 0.409. The smallest absolute Gasteiger partial charge is 0.232 e. The SMILES string of the molecule is CN(c1c(Nc2nc(Nc3ccncc3)ncc2Br)ccc2nccnc12)S(C)(=O)=O. The Morgan fingerprint density at radius 2 is 1.71 bits per heavy atom. The van der Waals surface area contributed by atoms with Gasteiger partial charge >= 0.3 is 0 Å². The number of sulfonamides is 1. The molecule has 158 valence electrons. The maximum absolute atomic E-state index is 12.3. The van der Waals surface area contributed by atoms with Gasteiger partial charge in [-0.25, -0.2) is 13.4 Å². The minimum atomic E-state index is -3.56. The van der Waals surface area contributed by atoms with Gasteiger partial charge in [-0.1, -0.05) is 0 Å². The second kappa shape index (κ2) is 8.40. The van der Waals surface area contributed by atoms with E-state index in [4.69, 9.17) is 0 Å². The lowest BCUT2D eigenvalue weighted by atomic mass is 10.2. The molecule has 0 spiro atoms. The fourth-order valence-corrected chi connectivity index (χ4v) is 3.62. The van der Waals surface area contributed by atoms with E-state index in [1.165, 1.54) is 13.2 Å². The standard InChI is InChI=1S/C19H17BrN8O2S/c1-28(31(2,29)30)17-15(4-3-14-16(17)23-10-9-22-14)26-18-13(20)11-24-19(27-18)25-12-5-7-21-8-6-12/h3-11H,1-2H3,(H2,21,24,25,26,27). The van der Waals surface area contributed by atoms with E-state index in [-0.39, 0.29) is 0 Å². The van der Waals surface area contributed by atoms with Crippen molar-refractivity contribution in [1.82, 2.24) is 24.9 Å². The first kappa shape index (κ1) is 20.9. The molecule has 0 radical (unpaired) electrons. The van der Waals surface area contributed by atoms with Gasteiger partial charge in [-0.3, -0.25) is 19.3 Å². The highest BCUT2D eigenvalue weighted by molar-refractivity contribution is 9.10. The third kappa shape index (κ3) is 4.54. The van der Waals surface area contributed by atoms with E-state index >= 15 is 0 Å². The zero-order valence-corrected chi connectivity index (χ0v) is 18.9. The Bertz CT molecular complexity index is 1350. The maximum atomic E-state index is 12.3. The second-order valence-electron chi connectivity index (χ2n) is 6.49. The van der Waals surface area contributed by atoms with Crippen LogP contribution in [0.1, 0.15) is 0 Å². The lowest BCUT2D eigenvalue weighted by Gasteiger charge is -2.22. The van der Waals surface area contributed by atoms with Crippen molar-refractivity contribution < 1.29 is 8.42 Å². The monoisotopic (exact) mass is 500 g/mol. The Hall–Kier alpha value is -3.38. The lowest BCUT2D eigenvalue weighted by molar-refractivity contribution is 0.600. The predicted octanol–water partition coefficient (Wildman–Crippen LogP) is 3.46. The minimum Gasteiger partial charge on any atom is -0.337 e. The van der Waals surface area contributed by atoms with E-state index in [9.17, 15) is 8.42 Å². The molecule has 0 amide bonds. The summed E-state index contributed by atoms with van der Waals surface area (Å²) in [4.78, 5) is 21.4. The summed E-state index contributed by atoms with van der Waals surface area (Å²) < 4.78 is 26.4. The summed E-state index contributed by atoms with van der Waals surface area (Å²) in [5.74, 6) is 0.799. The highest BCUT2D eigenvalue weighted by atomic mass is 79.9. The highest BCUT2D eigenvalue weighted by Gasteiger charge is 2.21. The van der Waals surface area contributed by atoms with Crippen LogP contribution in [0.15, 0.2) is 59.7 Å². The summed E-state index contributed by atoms with van der Waals surface area (Å²) in [6.07, 6.45) is 9.11. The molecule has 3 heterocycles. The molecule has 4 aromatic rings. The Labute approximate surface area is 187 Å². The normalized spacial score (nSPS) is 11.3. The van der Waals surface area contributed by atoms with Crippen molar-refractivity contribution in [2.24, 2.45) is 0 Å². The zero-order valence-electron chi connectivity index (χ0n) is 16.5. The fourth-order valence-electron chi connectivity index (χ4n) is 2.81. The van der Waals surface area contributed by atoms with Crippen LogP contribution in [0.2, 0.25) is 0 Å². The molecule has 0 fully saturated rings. The van der Waals surface area contributed by atoms with Gasteiger partial charge in [0.15, 0.2) is 0 Å². The first-order valence-corrected chi connectivity index (χ1v) is 11.6. The number of hydrogen-bond acceptors (Lipinski definition) is 9. The maximum Gasteiger partial charge on any atom is 0.232 e. The van der Waals surface area contributed by atoms with Gasteiger partial charge in [0.25, 0.3) is 0 Å². The number of fused-ring (bicyclic) bond motifs is 1. The van der Waals surface area contributed by atoms with Crippen LogP contribution in [0.4, 0.5) is 28.8 Å². The van der Waals surface area contributed by atoms with Gasteiger partial charge in [0, 0.05) is 43.7 Å². The number of aromatic nitrogens is 5. The Kier molecular flexibility index (Phi) is 5.65. The van der Waals surface area contributed by atoms with Gasteiger partial charge in [-0.05, 0) is 40.2 Å². The van der Waals surface area contributed by atoms with Crippen LogP contribution in [0.3, 0.4) is 0 Å². The van der Waals surface area contributed by atoms with Crippen molar-refractivity contribution in [2.75, 3.05) is 28.2 Å². The summed E-state index contributed by atoms with van der Waals surface area (Å²) in [5, 5.41) is 6.28. The molecule has 0 aliphatic rings. The number of pyridine rings is 1. The highest BCUT2D eigenvalue weighted by Crippen LogP contribution is 2.36. The molecular formula is C19H17BrN8O2S. The van der Waals surface area contributed by atoms with Crippen molar-refractivity contribution in [2.45, 2.75) is 0 Å². The molecule has 2 N–H and O–H groups in total. The fraction of sp³-hybridized carbons (Fsp3) is 0.105. The first-order chi connectivity index (χ1) is 14.8. The van der Waals surface area contributed by atoms with E-state index in [0.29, 0.717) is 38.6 Å². The molecule has 3 aromatic heterocycles. The number of benzene rings is 1. The molecule has 1 aromatic carbocycles.